The Balaban J connectivity index is 1.92. The van der Waals surface area contributed by atoms with Crippen LogP contribution in [0.15, 0.2) is 42.7 Å². The summed E-state index contributed by atoms with van der Waals surface area (Å²) in [5, 5.41) is 8.92. The molecule has 1 aliphatic rings. The summed E-state index contributed by atoms with van der Waals surface area (Å²) in [4.78, 5) is 30.1. The highest BCUT2D eigenvalue weighted by Gasteiger charge is 2.31. The molecule has 2 heterocycles. The first-order chi connectivity index (χ1) is 11.7. The Hall–Kier alpha value is -3.41. The zero-order chi connectivity index (χ0) is 16.4. The Labute approximate surface area is 135 Å². The smallest absolute Gasteiger partial charge is 0.196 e. The lowest BCUT2D eigenvalue weighted by atomic mass is 9.83. The first-order valence-electron chi connectivity index (χ1n) is 7.48. The molecule has 0 aliphatic heterocycles. The number of aryl methyl sites for hydroxylation is 1. The number of aromatic nitrogens is 4. The van der Waals surface area contributed by atoms with Crippen molar-refractivity contribution in [1.82, 2.24) is 19.6 Å². The summed E-state index contributed by atoms with van der Waals surface area (Å²) >= 11 is 0. The van der Waals surface area contributed by atoms with Crippen LogP contribution in [0, 0.1) is 6.92 Å². The van der Waals surface area contributed by atoms with Crippen molar-refractivity contribution in [3.63, 3.8) is 0 Å². The summed E-state index contributed by atoms with van der Waals surface area (Å²) in [6.07, 6.45) is 1.59. The van der Waals surface area contributed by atoms with E-state index < -0.39 is 0 Å². The normalized spacial score (nSPS) is 13.4. The largest absolute Gasteiger partial charge is 0.289 e. The van der Waals surface area contributed by atoms with Gasteiger partial charge in [0.25, 0.3) is 0 Å². The molecule has 0 saturated carbocycles. The number of carbonyl (C=O) groups excluding carboxylic acids is 2. The Bertz CT molecular complexity index is 1210. The van der Waals surface area contributed by atoms with E-state index in [1.807, 2.05) is 6.92 Å². The standard InChI is InChI=1S/C18H10N4O2/c1-9-20-21-18-13-7-6-12-14(15(13)19-8-22(9)18)17(24)11-5-3-2-4-10(11)16(12)23/h2-8H,1H3. The van der Waals surface area contributed by atoms with Crippen LogP contribution in [0.1, 0.15) is 37.7 Å². The maximum atomic E-state index is 13.0. The van der Waals surface area contributed by atoms with Gasteiger partial charge in [0.1, 0.15) is 12.2 Å². The van der Waals surface area contributed by atoms with E-state index in [2.05, 4.69) is 15.2 Å². The second kappa shape index (κ2) is 4.32. The van der Waals surface area contributed by atoms with Crippen molar-refractivity contribution in [2.24, 2.45) is 0 Å². The molecule has 0 saturated heterocycles. The van der Waals surface area contributed by atoms with E-state index in [0.717, 1.165) is 0 Å². The molecule has 0 unspecified atom stereocenters. The SMILES string of the molecule is Cc1nnc2c3ccc4c(c3ncn12)C(=O)c1ccccc1C4=O. The molecular weight excluding hydrogens is 304 g/mol. The Morgan fingerprint density at radius 3 is 2.42 bits per heavy atom. The zero-order valence-electron chi connectivity index (χ0n) is 12.6. The molecular formula is C18H10N4O2. The van der Waals surface area contributed by atoms with Gasteiger partial charge in [0.05, 0.1) is 11.1 Å². The van der Waals surface area contributed by atoms with Crippen molar-refractivity contribution in [1.29, 1.82) is 0 Å². The maximum absolute atomic E-state index is 13.0. The number of carbonyl (C=O) groups is 2. The second-order valence-corrected chi connectivity index (χ2v) is 5.77. The van der Waals surface area contributed by atoms with E-state index >= 15 is 0 Å². The number of ketones is 2. The van der Waals surface area contributed by atoms with Gasteiger partial charge in [-0.1, -0.05) is 24.3 Å². The number of benzene rings is 2. The average Bonchev–Trinajstić information content (AvgIpc) is 3.00. The summed E-state index contributed by atoms with van der Waals surface area (Å²) < 4.78 is 1.76. The highest BCUT2D eigenvalue weighted by Crippen LogP contribution is 2.32. The highest BCUT2D eigenvalue weighted by molar-refractivity contribution is 6.32. The molecule has 0 bridgehead atoms. The van der Waals surface area contributed by atoms with E-state index in [9.17, 15) is 9.59 Å². The lowest BCUT2D eigenvalue weighted by molar-refractivity contribution is 0.0980. The molecule has 0 fully saturated rings. The van der Waals surface area contributed by atoms with Crippen molar-refractivity contribution < 1.29 is 9.59 Å². The predicted molar refractivity (Wildman–Crippen MR) is 86.3 cm³/mol. The van der Waals surface area contributed by atoms with Gasteiger partial charge in [-0.05, 0) is 19.1 Å². The van der Waals surface area contributed by atoms with Crippen molar-refractivity contribution in [3.05, 3.63) is 70.8 Å². The highest BCUT2D eigenvalue weighted by atomic mass is 16.1. The number of nitrogens with zero attached hydrogens (tertiary/aromatic N) is 4. The number of rotatable bonds is 0. The molecule has 5 rings (SSSR count). The molecule has 6 heteroatoms. The molecule has 24 heavy (non-hydrogen) atoms. The van der Waals surface area contributed by atoms with Gasteiger partial charge in [-0.2, -0.15) is 0 Å². The Kier molecular flexibility index (Phi) is 2.35. The summed E-state index contributed by atoms with van der Waals surface area (Å²) in [6.45, 7) is 1.83. The first-order valence-corrected chi connectivity index (χ1v) is 7.48. The average molecular weight is 314 g/mol. The minimum absolute atomic E-state index is 0.151. The molecule has 2 aromatic carbocycles. The molecule has 1 aliphatic carbocycles. The fourth-order valence-electron chi connectivity index (χ4n) is 3.29. The third kappa shape index (κ3) is 1.47. The van der Waals surface area contributed by atoms with Gasteiger partial charge in [0, 0.05) is 22.1 Å². The van der Waals surface area contributed by atoms with E-state index in [4.69, 9.17) is 0 Å². The number of hydrogen-bond donors (Lipinski definition) is 0. The van der Waals surface area contributed by atoms with Gasteiger partial charge in [-0.25, -0.2) is 4.98 Å². The second-order valence-electron chi connectivity index (χ2n) is 5.77. The number of hydrogen-bond acceptors (Lipinski definition) is 5. The monoisotopic (exact) mass is 314 g/mol. The fourth-order valence-corrected chi connectivity index (χ4v) is 3.29. The van der Waals surface area contributed by atoms with Crippen LogP contribution in [0.4, 0.5) is 0 Å². The van der Waals surface area contributed by atoms with Gasteiger partial charge in [0.2, 0.25) is 0 Å². The van der Waals surface area contributed by atoms with Crippen molar-refractivity contribution in [2.45, 2.75) is 6.92 Å². The van der Waals surface area contributed by atoms with E-state index in [1.165, 1.54) is 0 Å². The van der Waals surface area contributed by atoms with Crippen LogP contribution in [-0.4, -0.2) is 31.1 Å². The molecule has 4 aromatic rings. The van der Waals surface area contributed by atoms with Crippen LogP contribution < -0.4 is 0 Å². The Morgan fingerprint density at radius 2 is 1.62 bits per heavy atom. The third-order valence-electron chi connectivity index (χ3n) is 4.48. The van der Waals surface area contributed by atoms with Gasteiger partial charge in [0.15, 0.2) is 17.2 Å². The van der Waals surface area contributed by atoms with Gasteiger partial charge < -0.3 is 0 Å². The van der Waals surface area contributed by atoms with Crippen LogP contribution in [0.3, 0.4) is 0 Å². The van der Waals surface area contributed by atoms with Crippen LogP contribution in [0.2, 0.25) is 0 Å². The predicted octanol–water partition coefficient (Wildman–Crippen LogP) is 2.36. The molecule has 0 spiro atoms. The summed E-state index contributed by atoms with van der Waals surface area (Å²) in [5.74, 6) is 0.380. The molecule has 0 N–H and O–H groups in total. The lowest BCUT2D eigenvalue weighted by Crippen LogP contribution is -2.21. The quantitative estimate of drug-likeness (QED) is 0.438. The van der Waals surface area contributed by atoms with Crippen LogP contribution in [0.25, 0.3) is 16.6 Å². The lowest BCUT2D eigenvalue weighted by Gasteiger charge is -2.18. The molecule has 114 valence electrons. The van der Waals surface area contributed by atoms with Crippen molar-refractivity contribution in [3.8, 4) is 0 Å². The molecule has 0 amide bonds. The zero-order valence-corrected chi connectivity index (χ0v) is 12.6. The van der Waals surface area contributed by atoms with Crippen molar-refractivity contribution in [2.75, 3.05) is 0 Å². The Morgan fingerprint density at radius 1 is 0.875 bits per heavy atom. The number of fused-ring (bicyclic) bond motifs is 6. The first kappa shape index (κ1) is 13.1. The van der Waals surface area contributed by atoms with Crippen molar-refractivity contribution >= 4 is 28.1 Å². The third-order valence-corrected chi connectivity index (χ3v) is 4.48. The molecule has 0 atom stereocenters. The van der Waals surface area contributed by atoms with Crippen LogP contribution in [-0.2, 0) is 0 Å². The van der Waals surface area contributed by atoms with Gasteiger partial charge in [-0.3, -0.25) is 14.0 Å². The van der Waals surface area contributed by atoms with Crippen LogP contribution >= 0.6 is 0 Å². The fraction of sp³-hybridized carbons (Fsp3) is 0.0556. The minimum atomic E-state index is -0.182. The van der Waals surface area contributed by atoms with Crippen LogP contribution in [0.5, 0.6) is 0 Å². The van der Waals surface area contributed by atoms with E-state index in [1.54, 1.807) is 47.1 Å². The molecule has 2 aromatic heterocycles. The topological polar surface area (TPSA) is 77.2 Å². The van der Waals surface area contributed by atoms with E-state index in [-0.39, 0.29) is 11.6 Å². The van der Waals surface area contributed by atoms with Gasteiger partial charge >= 0.3 is 0 Å². The van der Waals surface area contributed by atoms with Gasteiger partial charge in [-0.15, -0.1) is 10.2 Å². The summed E-state index contributed by atoms with van der Waals surface area (Å²) in [5.41, 5.74) is 2.70. The van der Waals surface area contributed by atoms with E-state index in [0.29, 0.717) is 44.6 Å². The minimum Gasteiger partial charge on any atom is -0.289 e. The summed E-state index contributed by atoms with van der Waals surface area (Å²) in [7, 11) is 0. The molecule has 6 nitrogen and oxygen atoms in total. The summed E-state index contributed by atoms with van der Waals surface area (Å²) in [6, 6.07) is 10.3. The maximum Gasteiger partial charge on any atom is 0.196 e. The molecule has 0 radical (unpaired) electrons.